The standard InChI is InChI=1S/C30H32N2O3/c1-17-12-28-13-20(14-31)30(17,33-3)27-29(28)22-15-32(2)26(28)21(22)11-19-9-10-23(25(35-27)24(19)29)34-16-18-7-5-4-6-8-18/h4-10,17,20-22,26-27H,11-13,15-16H2,1-3H3/t17?,20-,21?,22?,26-,27-,28-,29+,30-/m1/s1. The number of rotatable bonds is 4. The van der Waals surface area contributed by atoms with Gasteiger partial charge < -0.3 is 19.1 Å². The zero-order chi connectivity index (χ0) is 23.7. The first kappa shape index (κ1) is 20.6. The number of nitrogens with zero attached hydrogens (tertiary/aromatic N) is 2. The topological polar surface area (TPSA) is 54.7 Å². The lowest BCUT2D eigenvalue weighted by Gasteiger charge is -2.70. The van der Waals surface area contributed by atoms with Crippen LogP contribution in [0.3, 0.4) is 0 Å². The molecule has 0 N–H and O–H groups in total. The molecule has 2 aromatic rings. The molecule has 6 bridgehead atoms. The molecule has 1 saturated heterocycles. The quantitative estimate of drug-likeness (QED) is 0.668. The lowest BCUT2D eigenvalue weighted by molar-refractivity contribution is -0.275. The van der Waals surface area contributed by atoms with Gasteiger partial charge in [-0.2, -0.15) is 5.26 Å². The number of likely N-dealkylation sites (tertiary alicyclic amines) is 1. The van der Waals surface area contributed by atoms with E-state index in [4.69, 9.17) is 14.2 Å². The van der Waals surface area contributed by atoms with E-state index in [9.17, 15) is 5.26 Å². The molecule has 3 unspecified atom stereocenters. The van der Waals surface area contributed by atoms with E-state index in [0.717, 1.165) is 42.9 Å². The van der Waals surface area contributed by atoms with Gasteiger partial charge in [0.25, 0.3) is 0 Å². The highest BCUT2D eigenvalue weighted by Gasteiger charge is 2.88. The molecule has 7 aliphatic rings. The van der Waals surface area contributed by atoms with Gasteiger partial charge in [0, 0.05) is 30.7 Å². The maximum Gasteiger partial charge on any atom is 0.166 e. The third-order valence-electron chi connectivity index (χ3n) is 11.3. The van der Waals surface area contributed by atoms with Gasteiger partial charge in [-0.05, 0) is 61.3 Å². The van der Waals surface area contributed by atoms with Crippen LogP contribution in [-0.4, -0.2) is 43.3 Å². The van der Waals surface area contributed by atoms with Gasteiger partial charge in [0.1, 0.15) is 18.3 Å². The monoisotopic (exact) mass is 468 g/mol. The Morgan fingerprint density at radius 2 is 2.00 bits per heavy atom. The van der Waals surface area contributed by atoms with Crippen LogP contribution in [0.5, 0.6) is 11.5 Å². The minimum atomic E-state index is -0.589. The van der Waals surface area contributed by atoms with Crippen molar-refractivity contribution in [1.82, 2.24) is 4.90 Å². The minimum absolute atomic E-state index is 0.0502. The van der Waals surface area contributed by atoms with Gasteiger partial charge in [-0.25, -0.2) is 0 Å². The molecule has 5 fully saturated rings. The van der Waals surface area contributed by atoms with Crippen LogP contribution in [-0.2, 0) is 23.2 Å². The molecule has 5 heteroatoms. The first-order chi connectivity index (χ1) is 17.0. The summed E-state index contributed by atoms with van der Waals surface area (Å²) < 4.78 is 20.1. The van der Waals surface area contributed by atoms with Gasteiger partial charge >= 0.3 is 0 Å². The first-order valence-electron chi connectivity index (χ1n) is 13.2. The van der Waals surface area contributed by atoms with Crippen LogP contribution in [0, 0.1) is 40.4 Å². The molecule has 0 radical (unpaired) electrons. The van der Waals surface area contributed by atoms with Gasteiger partial charge in [-0.15, -0.1) is 0 Å². The van der Waals surface area contributed by atoms with Crippen molar-refractivity contribution in [2.24, 2.45) is 29.1 Å². The van der Waals surface area contributed by atoms with Crippen molar-refractivity contribution < 1.29 is 14.2 Å². The molecule has 0 amide bonds. The largest absolute Gasteiger partial charge is 0.485 e. The summed E-state index contributed by atoms with van der Waals surface area (Å²) in [7, 11) is 4.13. The van der Waals surface area contributed by atoms with Crippen molar-refractivity contribution >= 4 is 0 Å². The average molecular weight is 469 g/mol. The number of benzene rings is 2. The Morgan fingerprint density at radius 1 is 1.17 bits per heavy atom. The molecule has 35 heavy (non-hydrogen) atoms. The number of hydrogen-bond donors (Lipinski definition) is 0. The zero-order valence-corrected chi connectivity index (χ0v) is 20.7. The molecule has 2 heterocycles. The molecule has 5 aliphatic carbocycles. The molecule has 5 nitrogen and oxygen atoms in total. The fourth-order valence-corrected chi connectivity index (χ4v) is 10.7. The highest BCUT2D eigenvalue weighted by molar-refractivity contribution is 5.65. The molecular weight excluding hydrogens is 436 g/mol. The van der Waals surface area contributed by atoms with E-state index in [0.29, 0.717) is 24.5 Å². The van der Waals surface area contributed by atoms with Gasteiger partial charge in [0.2, 0.25) is 0 Å². The fraction of sp³-hybridized carbons (Fsp3) is 0.567. The second kappa shape index (κ2) is 6.41. The number of ether oxygens (including phenoxy) is 3. The van der Waals surface area contributed by atoms with Crippen LogP contribution < -0.4 is 9.47 Å². The fourth-order valence-electron chi connectivity index (χ4n) is 10.7. The third kappa shape index (κ3) is 1.98. The molecular formula is C30H32N2O3. The summed E-state index contributed by atoms with van der Waals surface area (Å²) in [6, 6.07) is 18.0. The molecule has 9 atom stereocenters. The maximum atomic E-state index is 10.4. The van der Waals surface area contributed by atoms with E-state index >= 15 is 0 Å². The lowest BCUT2D eigenvalue weighted by Crippen LogP contribution is -2.80. The predicted octanol–water partition coefficient (Wildman–Crippen LogP) is 4.34. The van der Waals surface area contributed by atoms with Gasteiger partial charge in [0.15, 0.2) is 11.5 Å². The van der Waals surface area contributed by atoms with Crippen LogP contribution in [0.25, 0.3) is 0 Å². The third-order valence-corrected chi connectivity index (χ3v) is 11.3. The summed E-state index contributed by atoms with van der Waals surface area (Å²) in [6.45, 7) is 3.93. The summed E-state index contributed by atoms with van der Waals surface area (Å²) in [5.74, 6) is 3.05. The summed E-state index contributed by atoms with van der Waals surface area (Å²) >= 11 is 0. The molecule has 2 spiro atoms. The van der Waals surface area contributed by atoms with Crippen molar-refractivity contribution in [2.75, 3.05) is 20.7 Å². The van der Waals surface area contributed by atoms with E-state index in [-0.39, 0.29) is 28.8 Å². The molecule has 4 saturated carbocycles. The molecule has 2 aliphatic heterocycles. The Morgan fingerprint density at radius 3 is 2.77 bits per heavy atom. The molecule has 180 valence electrons. The van der Waals surface area contributed by atoms with E-state index in [2.05, 4.69) is 49.2 Å². The normalized spacial score (nSPS) is 45.2. The highest BCUT2D eigenvalue weighted by atomic mass is 16.6. The molecule has 0 aromatic heterocycles. The second-order valence-corrected chi connectivity index (χ2v) is 12.1. The predicted molar refractivity (Wildman–Crippen MR) is 130 cm³/mol. The van der Waals surface area contributed by atoms with Crippen LogP contribution in [0.15, 0.2) is 42.5 Å². The second-order valence-electron chi connectivity index (χ2n) is 12.1. The van der Waals surface area contributed by atoms with Gasteiger partial charge in [-0.1, -0.05) is 43.3 Å². The van der Waals surface area contributed by atoms with E-state index < -0.39 is 5.60 Å². The van der Waals surface area contributed by atoms with E-state index in [1.165, 1.54) is 11.1 Å². The van der Waals surface area contributed by atoms with Crippen molar-refractivity contribution in [2.45, 2.75) is 56.0 Å². The Labute approximate surface area is 207 Å². The Hall–Kier alpha value is -2.55. The van der Waals surface area contributed by atoms with Crippen molar-refractivity contribution in [3.8, 4) is 17.6 Å². The van der Waals surface area contributed by atoms with Crippen molar-refractivity contribution in [3.05, 3.63) is 59.2 Å². The number of fused-ring (bicyclic) bond motifs is 2. The Bertz CT molecular complexity index is 1290. The van der Waals surface area contributed by atoms with Crippen LogP contribution in [0.4, 0.5) is 0 Å². The van der Waals surface area contributed by atoms with Gasteiger partial charge in [-0.3, -0.25) is 0 Å². The van der Waals surface area contributed by atoms with Gasteiger partial charge in [0.05, 0.1) is 17.4 Å². The van der Waals surface area contributed by atoms with Crippen molar-refractivity contribution in [1.29, 1.82) is 5.26 Å². The van der Waals surface area contributed by atoms with E-state index in [1.807, 2.05) is 25.3 Å². The zero-order valence-electron chi connectivity index (χ0n) is 20.7. The smallest absolute Gasteiger partial charge is 0.166 e. The van der Waals surface area contributed by atoms with Crippen LogP contribution in [0.2, 0.25) is 0 Å². The number of hydrogen-bond acceptors (Lipinski definition) is 5. The average Bonchev–Trinajstić information content (AvgIpc) is 3.46. The SMILES string of the molecule is CO[C@]12C(C)C[C@@]3(C[C@@H]1C#N)[C@H]1C4Cc5ccc(OCc6ccccc6)c6c5[C@@]3(C4CN1C)[C@H]2O6. The van der Waals surface area contributed by atoms with Crippen LogP contribution in [0.1, 0.15) is 36.5 Å². The summed E-state index contributed by atoms with van der Waals surface area (Å²) in [6.07, 6.45) is 2.99. The number of nitriles is 1. The molecule has 9 rings (SSSR count). The number of piperidine rings is 1. The summed E-state index contributed by atoms with van der Waals surface area (Å²) in [5, 5.41) is 10.4. The van der Waals surface area contributed by atoms with Crippen molar-refractivity contribution in [3.63, 3.8) is 0 Å². The first-order valence-corrected chi connectivity index (χ1v) is 13.2. The Kier molecular flexibility index (Phi) is 3.78. The minimum Gasteiger partial charge on any atom is -0.485 e. The van der Waals surface area contributed by atoms with E-state index in [1.54, 1.807) is 0 Å². The molecule has 2 aromatic carbocycles. The summed E-state index contributed by atoms with van der Waals surface area (Å²) in [5.41, 5.74) is 3.38. The Balaban J connectivity index is 1.35. The highest BCUT2D eigenvalue weighted by Crippen LogP contribution is 2.83. The summed E-state index contributed by atoms with van der Waals surface area (Å²) in [4.78, 5) is 2.63. The maximum absolute atomic E-state index is 10.4. The van der Waals surface area contributed by atoms with Crippen LogP contribution >= 0.6 is 0 Å². The lowest BCUT2D eigenvalue weighted by atomic mass is 9.36. The number of methoxy groups -OCH3 is 1.